The maximum absolute atomic E-state index is 12.1. The van der Waals surface area contributed by atoms with Gasteiger partial charge in [0.05, 0.1) is 6.04 Å². The molecule has 2 aliphatic rings. The summed E-state index contributed by atoms with van der Waals surface area (Å²) in [5.74, 6) is 1.51. The first-order chi connectivity index (χ1) is 11.0. The largest absolute Gasteiger partial charge is 0.372 e. The molecule has 2 aliphatic heterocycles. The number of amides is 1. The number of likely N-dealkylation sites (tertiary alicyclic amines) is 2. The van der Waals surface area contributed by atoms with Gasteiger partial charge in [-0.15, -0.1) is 0 Å². The molecule has 2 fully saturated rings. The van der Waals surface area contributed by atoms with Crippen molar-refractivity contribution in [3.8, 4) is 0 Å². The minimum atomic E-state index is 0.110. The topological polar surface area (TPSA) is 71.7 Å². The lowest BCUT2D eigenvalue weighted by atomic mass is 9.76. The fraction of sp³-hybridized carbons (Fsp3) is 0.812. The van der Waals surface area contributed by atoms with E-state index in [-0.39, 0.29) is 24.0 Å². The third-order valence-electron chi connectivity index (χ3n) is 5.19. The van der Waals surface area contributed by atoms with Crippen molar-refractivity contribution in [1.29, 1.82) is 0 Å². The smallest absolute Gasteiger partial charge is 0.248 e. The van der Waals surface area contributed by atoms with E-state index in [0.29, 0.717) is 12.5 Å². The quantitative estimate of drug-likeness (QED) is 0.834. The van der Waals surface area contributed by atoms with Crippen molar-refractivity contribution >= 4 is 5.91 Å². The average Bonchev–Trinajstić information content (AvgIpc) is 3.09. The zero-order valence-electron chi connectivity index (χ0n) is 14.2. The first-order valence-corrected chi connectivity index (χ1v) is 8.39. The Balaban J connectivity index is 1.59. The molecular weight excluding hydrogens is 296 g/mol. The zero-order chi connectivity index (χ0) is 16.4. The molecule has 0 radical (unpaired) electrons. The summed E-state index contributed by atoms with van der Waals surface area (Å²) in [5.41, 5.74) is 0.260. The maximum Gasteiger partial charge on any atom is 0.248 e. The number of ether oxygens (including phenoxy) is 1. The Hall–Kier alpha value is -1.47. The van der Waals surface area contributed by atoms with E-state index in [9.17, 15) is 4.79 Å². The van der Waals surface area contributed by atoms with E-state index in [1.807, 2.05) is 18.7 Å². The molecule has 0 bridgehead atoms. The van der Waals surface area contributed by atoms with Crippen molar-refractivity contribution in [3.05, 3.63) is 11.7 Å². The molecule has 1 spiro atoms. The van der Waals surface area contributed by atoms with E-state index in [1.54, 1.807) is 0 Å². The Morgan fingerprint density at radius 3 is 2.78 bits per heavy atom. The van der Waals surface area contributed by atoms with Crippen LogP contribution in [0.4, 0.5) is 0 Å². The van der Waals surface area contributed by atoms with Gasteiger partial charge in [0.2, 0.25) is 11.8 Å². The van der Waals surface area contributed by atoms with Gasteiger partial charge in [-0.2, -0.15) is 4.98 Å². The Morgan fingerprint density at radius 2 is 2.17 bits per heavy atom. The molecule has 1 amide bonds. The SMILES string of the molecule is CCOCC(=O)N1CCC2(CC1)CC(c1noc(C)n1)N(C)C2. The second-order valence-corrected chi connectivity index (χ2v) is 6.82. The number of hydrogen-bond donors (Lipinski definition) is 0. The van der Waals surface area contributed by atoms with Crippen LogP contribution in [-0.4, -0.2) is 65.7 Å². The van der Waals surface area contributed by atoms with Crippen LogP contribution >= 0.6 is 0 Å². The first kappa shape index (κ1) is 16.4. The standard InChI is InChI=1S/C16H26N4O3/c1-4-22-10-14(21)20-7-5-16(6-8-20)9-13(19(3)11-16)15-17-12(2)23-18-15/h13H,4-11H2,1-3H3. The summed E-state index contributed by atoms with van der Waals surface area (Å²) >= 11 is 0. The van der Waals surface area contributed by atoms with Crippen molar-refractivity contribution in [2.75, 3.05) is 39.9 Å². The van der Waals surface area contributed by atoms with E-state index < -0.39 is 0 Å². The summed E-state index contributed by atoms with van der Waals surface area (Å²) in [4.78, 5) is 20.7. The number of nitrogens with zero attached hydrogens (tertiary/aromatic N) is 4. The number of carbonyl (C=O) groups excluding carboxylic acids is 1. The number of rotatable bonds is 4. The molecule has 0 saturated carbocycles. The monoisotopic (exact) mass is 322 g/mol. The lowest BCUT2D eigenvalue weighted by molar-refractivity contribution is -0.138. The molecule has 1 unspecified atom stereocenters. The Bertz CT molecular complexity index is 551. The van der Waals surface area contributed by atoms with E-state index in [0.717, 1.165) is 44.7 Å². The Labute approximate surface area is 137 Å². The molecule has 3 heterocycles. The van der Waals surface area contributed by atoms with Crippen LogP contribution in [0.25, 0.3) is 0 Å². The molecule has 2 saturated heterocycles. The lowest BCUT2D eigenvalue weighted by Gasteiger charge is -2.39. The highest BCUT2D eigenvalue weighted by Gasteiger charge is 2.46. The van der Waals surface area contributed by atoms with E-state index >= 15 is 0 Å². The van der Waals surface area contributed by atoms with Crippen LogP contribution in [0.2, 0.25) is 0 Å². The summed E-state index contributed by atoms with van der Waals surface area (Å²) < 4.78 is 10.4. The van der Waals surface area contributed by atoms with Gasteiger partial charge in [-0.25, -0.2) is 0 Å². The van der Waals surface area contributed by atoms with Gasteiger partial charge in [-0.3, -0.25) is 9.69 Å². The van der Waals surface area contributed by atoms with Gasteiger partial charge >= 0.3 is 0 Å². The molecule has 7 heteroatoms. The van der Waals surface area contributed by atoms with Crippen LogP contribution in [0.5, 0.6) is 0 Å². The van der Waals surface area contributed by atoms with E-state index in [1.165, 1.54) is 0 Å². The highest BCUT2D eigenvalue weighted by atomic mass is 16.5. The fourth-order valence-electron chi connectivity index (χ4n) is 3.88. The van der Waals surface area contributed by atoms with Gasteiger partial charge in [0, 0.05) is 33.2 Å². The zero-order valence-corrected chi connectivity index (χ0v) is 14.2. The number of aromatic nitrogens is 2. The summed E-state index contributed by atoms with van der Waals surface area (Å²) in [6.07, 6.45) is 3.10. The van der Waals surface area contributed by atoms with Gasteiger partial charge in [0.15, 0.2) is 5.82 Å². The minimum absolute atomic E-state index is 0.110. The average molecular weight is 322 g/mol. The summed E-state index contributed by atoms with van der Waals surface area (Å²) in [7, 11) is 2.12. The minimum Gasteiger partial charge on any atom is -0.372 e. The predicted octanol–water partition coefficient (Wildman–Crippen LogP) is 1.40. The van der Waals surface area contributed by atoms with Crippen molar-refractivity contribution in [3.63, 3.8) is 0 Å². The van der Waals surface area contributed by atoms with Crippen LogP contribution in [0.1, 0.15) is 43.9 Å². The van der Waals surface area contributed by atoms with Crippen molar-refractivity contribution in [2.24, 2.45) is 5.41 Å². The number of carbonyl (C=O) groups is 1. The lowest BCUT2D eigenvalue weighted by Crippen LogP contribution is -2.45. The van der Waals surface area contributed by atoms with Crippen molar-refractivity contribution in [1.82, 2.24) is 19.9 Å². The van der Waals surface area contributed by atoms with Gasteiger partial charge in [0.1, 0.15) is 6.61 Å². The van der Waals surface area contributed by atoms with Crippen LogP contribution < -0.4 is 0 Å². The first-order valence-electron chi connectivity index (χ1n) is 8.39. The highest BCUT2D eigenvalue weighted by molar-refractivity contribution is 5.77. The fourth-order valence-corrected chi connectivity index (χ4v) is 3.88. The molecule has 3 rings (SSSR count). The highest BCUT2D eigenvalue weighted by Crippen LogP contribution is 2.47. The Morgan fingerprint density at radius 1 is 1.43 bits per heavy atom. The molecule has 0 aromatic carbocycles. The van der Waals surface area contributed by atoms with Gasteiger partial charge in [0.25, 0.3) is 0 Å². The number of hydrogen-bond acceptors (Lipinski definition) is 6. The third-order valence-corrected chi connectivity index (χ3v) is 5.19. The molecule has 1 aromatic heterocycles. The molecule has 0 N–H and O–H groups in total. The maximum atomic E-state index is 12.1. The van der Waals surface area contributed by atoms with Crippen molar-refractivity contribution in [2.45, 2.75) is 39.2 Å². The third kappa shape index (κ3) is 3.40. The molecule has 1 aromatic rings. The van der Waals surface area contributed by atoms with Crippen LogP contribution in [0, 0.1) is 12.3 Å². The van der Waals surface area contributed by atoms with Crippen molar-refractivity contribution < 1.29 is 14.1 Å². The summed E-state index contributed by atoms with van der Waals surface area (Å²) in [5, 5.41) is 4.09. The van der Waals surface area contributed by atoms with E-state index in [2.05, 4.69) is 22.1 Å². The van der Waals surface area contributed by atoms with Gasteiger partial charge < -0.3 is 14.2 Å². The second-order valence-electron chi connectivity index (χ2n) is 6.82. The normalized spacial score (nSPS) is 24.5. The van der Waals surface area contributed by atoms with Gasteiger partial charge in [-0.05, 0) is 38.6 Å². The van der Waals surface area contributed by atoms with E-state index in [4.69, 9.17) is 9.26 Å². The summed E-state index contributed by atoms with van der Waals surface area (Å²) in [6.45, 7) is 7.18. The molecule has 1 atom stereocenters. The van der Waals surface area contributed by atoms with Gasteiger partial charge in [-0.1, -0.05) is 5.16 Å². The van der Waals surface area contributed by atoms with Crippen LogP contribution in [0.3, 0.4) is 0 Å². The second kappa shape index (κ2) is 6.57. The predicted molar refractivity (Wildman–Crippen MR) is 83.8 cm³/mol. The van der Waals surface area contributed by atoms with Crippen LogP contribution in [0.15, 0.2) is 4.52 Å². The molecule has 128 valence electrons. The Kier molecular flexibility index (Phi) is 4.68. The van der Waals surface area contributed by atoms with Crippen LogP contribution in [-0.2, 0) is 9.53 Å². The molecule has 7 nitrogen and oxygen atoms in total. The molecule has 23 heavy (non-hydrogen) atoms. The number of aryl methyl sites for hydroxylation is 1. The summed E-state index contributed by atoms with van der Waals surface area (Å²) in [6, 6.07) is 0.220. The number of piperidine rings is 1. The molecular formula is C16H26N4O3. The molecule has 0 aliphatic carbocycles.